The Balaban J connectivity index is 2.16. The Hall–Kier alpha value is -2.57. The van der Waals surface area contributed by atoms with Gasteiger partial charge >= 0.3 is 0 Å². The molecule has 0 fully saturated rings. The van der Waals surface area contributed by atoms with E-state index in [1.165, 1.54) is 0 Å². The molecule has 2 rings (SSSR count). The normalized spacial score (nSPS) is 10.8. The number of aldehydes is 1. The van der Waals surface area contributed by atoms with Crippen LogP contribution in [0.3, 0.4) is 0 Å². The van der Waals surface area contributed by atoms with Crippen molar-refractivity contribution in [2.75, 3.05) is 6.61 Å². The number of hydrogen-bond acceptors (Lipinski definition) is 3. The molecule has 0 aliphatic carbocycles. The Morgan fingerprint density at radius 2 is 1.81 bits per heavy atom. The Morgan fingerprint density at radius 3 is 2.48 bits per heavy atom. The van der Waals surface area contributed by atoms with Gasteiger partial charge in [-0.2, -0.15) is 5.26 Å². The first-order chi connectivity index (χ1) is 10.2. The predicted molar refractivity (Wildman–Crippen MR) is 82.4 cm³/mol. The van der Waals surface area contributed by atoms with E-state index in [-0.39, 0.29) is 6.61 Å². The summed E-state index contributed by atoms with van der Waals surface area (Å²) < 4.78 is 5.53. The van der Waals surface area contributed by atoms with Crippen molar-refractivity contribution in [1.82, 2.24) is 0 Å². The van der Waals surface area contributed by atoms with Gasteiger partial charge < -0.3 is 4.74 Å². The standard InChI is InChI=1S/C17H12ClNO2/c18-16-7-3-1-5-14(16)9-13(10-19)12-21-17-8-4-2-6-15(17)11-20/h1-9,11H,12H2/b13-9-. The fourth-order valence-electron chi connectivity index (χ4n) is 1.75. The molecule has 0 atom stereocenters. The largest absolute Gasteiger partial charge is 0.487 e. The van der Waals surface area contributed by atoms with E-state index < -0.39 is 0 Å². The van der Waals surface area contributed by atoms with Crippen LogP contribution in [-0.4, -0.2) is 12.9 Å². The number of ether oxygens (including phenoxy) is 1. The number of halogens is 1. The van der Waals surface area contributed by atoms with Crippen LogP contribution in [0.4, 0.5) is 0 Å². The molecule has 2 aromatic carbocycles. The van der Waals surface area contributed by atoms with E-state index in [1.54, 1.807) is 36.4 Å². The van der Waals surface area contributed by atoms with Crippen LogP contribution >= 0.6 is 11.6 Å². The molecule has 0 aliphatic heterocycles. The molecule has 3 nitrogen and oxygen atoms in total. The first-order valence-electron chi connectivity index (χ1n) is 6.27. The average molecular weight is 298 g/mol. The number of nitriles is 1. The minimum Gasteiger partial charge on any atom is -0.487 e. The lowest BCUT2D eigenvalue weighted by molar-refractivity contribution is 0.112. The van der Waals surface area contributed by atoms with Gasteiger partial charge in [0.15, 0.2) is 6.29 Å². The van der Waals surface area contributed by atoms with Gasteiger partial charge in [0.25, 0.3) is 0 Å². The molecule has 0 bridgehead atoms. The van der Waals surface area contributed by atoms with E-state index in [9.17, 15) is 10.1 Å². The lowest BCUT2D eigenvalue weighted by Crippen LogP contribution is -2.02. The summed E-state index contributed by atoms with van der Waals surface area (Å²) in [5.74, 6) is 0.452. The van der Waals surface area contributed by atoms with Gasteiger partial charge in [0, 0.05) is 5.02 Å². The maximum absolute atomic E-state index is 10.9. The first kappa shape index (κ1) is 14.8. The Labute approximate surface area is 128 Å². The van der Waals surface area contributed by atoms with Crippen LogP contribution in [0, 0.1) is 11.3 Å². The van der Waals surface area contributed by atoms with Crippen LogP contribution in [0.15, 0.2) is 54.1 Å². The summed E-state index contributed by atoms with van der Waals surface area (Å²) in [4.78, 5) is 10.9. The topological polar surface area (TPSA) is 50.1 Å². The maximum atomic E-state index is 10.9. The molecule has 0 spiro atoms. The number of carbonyl (C=O) groups excluding carboxylic acids is 1. The van der Waals surface area contributed by atoms with Crippen molar-refractivity contribution in [2.24, 2.45) is 0 Å². The molecule has 0 unspecified atom stereocenters. The summed E-state index contributed by atoms with van der Waals surface area (Å²) in [5, 5.41) is 9.74. The second kappa shape index (κ2) is 7.28. The first-order valence-corrected chi connectivity index (χ1v) is 6.64. The Morgan fingerprint density at radius 1 is 1.14 bits per heavy atom. The monoisotopic (exact) mass is 297 g/mol. The summed E-state index contributed by atoms with van der Waals surface area (Å²) in [5.41, 5.74) is 1.62. The van der Waals surface area contributed by atoms with Crippen molar-refractivity contribution >= 4 is 24.0 Å². The van der Waals surface area contributed by atoms with E-state index in [0.717, 1.165) is 11.8 Å². The van der Waals surface area contributed by atoms with Crippen molar-refractivity contribution in [3.8, 4) is 11.8 Å². The van der Waals surface area contributed by atoms with Crippen LogP contribution in [-0.2, 0) is 0 Å². The number of benzene rings is 2. The molecule has 0 amide bonds. The third-order valence-electron chi connectivity index (χ3n) is 2.81. The highest BCUT2D eigenvalue weighted by Crippen LogP contribution is 2.20. The predicted octanol–water partition coefficient (Wildman–Crippen LogP) is 4.14. The molecule has 0 aliphatic rings. The Kier molecular flexibility index (Phi) is 5.14. The lowest BCUT2D eigenvalue weighted by atomic mass is 10.1. The van der Waals surface area contributed by atoms with E-state index >= 15 is 0 Å². The van der Waals surface area contributed by atoms with Crippen LogP contribution in [0.25, 0.3) is 6.08 Å². The third kappa shape index (κ3) is 3.95. The number of hydrogen-bond donors (Lipinski definition) is 0. The molecule has 21 heavy (non-hydrogen) atoms. The van der Waals surface area contributed by atoms with Crippen LogP contribution < -0.4 is 4.74 Å². The van der Waals surface area contributed by atoms with Crippen LogP contribution in [0.1, 0.15) is 15.9 Å². The number of rotatable bonds is 5. The molecular formula is C17H12ClNO2. The zero-order chi connectivity index (χ0) is 15.1. The van der Waals surface area contributed by atoms with Gasteiger partial charge in [-0.1, -0.05) is 41.9 Å². The fraction of sp³-hybridized carbons (Fsp3) is 0.0588. The zero-order valence-corrected chi connectivity index (χ0v) is 11.9. The van der Waals surface area contributed by atoms with Crippen LogP contribution in [0.5, 0.6) is 5.75 Å². The van der Waals surface area contributed by atoms with E-state index in [1.807, 2.05) is 18.2 Å². The molecule has 0 radical (unpaired) electrons. The van der Waals surface area contributed by atoms with Gasteiger partial charge in [-0.05, 0) is 29.8 Å². The van der Waals surface area contributed by atoms with Crippen molar-refractivity contribution < 1.29 is 9.53 Å². The molecule has 4 heteroatoms. The average Bonchev–Trinajstić information content (AvgIpc) is 2.53. The fourth-order valence-corrected chi connectivity index (χ4v) is 1.94. The molecule has 0 heterocycles. The van der Waals surface area contributed by atoms with Gasteiger partial charge in [0.1, 0.15) is 12.4 Å². The molecule has 0 saturated heterocycles. The molecule has 0 saturated carbocycles. The molecule has 0 aromatic heterocycles. The van der Waals surface area contributed by atoms with E-state index in [0.29, 0.717) is 21.9 Å². The summed E-state index contributed by atoms with van der Waals surface area (Å²) in [6, 6.07) is 16.2. The van der Waals surface area contributed by atoms with Crippen molar-refractivity contribution in [1.29, 1.82) is 5.26 Å². The summed E-state index contributed by atoms with van der Waals surface area (Å²) in [6.07, 6.45) is 2.39. The van der Waals surface area contributed by atoms with Gasteiger partial charge in [-0.3, -0.25) is 4.79 Å². The third-order valence-corrected chi connectivity index (χ3v) is 3.15. The van der Waals surface area contributed by atoms with Crippen molar-refractivity contribution in [3.63, 3.8) is 0 Å². The van der Waals surface area contributed by atoms with E-state index in [4.69, 9.17) is 16.3 Å². The van der Waals surface area contributed by atoms with Gasteiger partial charge in [-0.15, -0.1) is 0 Å². The van der Waals surface area contributed by atoms with Crippen LogP contribution in [0.2, 0.25) is 5.02 Å². The highest BCUT2D eigenvalue weighted by Gasteiger charge is 2.04. The molecular weight excluding hydrogens is 286 g/mol. The highest BCUT2D eigenvalue weighted by atomic mass is 35.5. The highest BCUT2D eigenvalue weighted by molar-refractivity contribution is 6.32. The SMILES string of the molecule is N#C/C(=C/c1ccccc1Cl)COc1ccccc1C=O. The minimum atomic E-state index is 0.0760. The van der Waals surface area contributed by atoms with Crippen molar-refractivity contribution in [2.45, 2.75) is 0 Å². The van der Waals surface area contributed by atoms with Crippen molar-refractivity contribution in [3.05, 3.63) is 70.3 Å². The molecule has 2 aromatic rings. The quantitative estimate of drug-likeness (QED) is 0.615. The second-order valence-corrected chi connectivity index (χ2v) is 4.65. The van der Waals surface area contributed by atoms with E-state index in [2.05, 4.69) is 6.07 Å². The summed E-state index contributed by atoms with van der Waals surface area (Å²) in [6.45, 7) is 0.0760. The van der Waals surface area contributed by atoms with Gasteiger partial charge in [0.05, 0.1) is 17.2 Å². The maximum Gasteiger partial charge on any atom is 0.153 e. The smallest absolute Gasteiger partial charge is 0.153 e. The molecule has 0 N–H and O–H groups in total. The summed E-state index contributed by atoms with van der Waals surface area (Å²) >= 11 is 6.05. The number of nitrogens with zero attached hydrogens (tertiary/aromatic N) is 1. The number of carbonyl (C=O) groups is 1. The summed E-state index contributed by atoms with van der Waals surface area (Å²) in [7, 11) is 0. The van der Waals surface area contributed by atoms with Gasteiger partial charge in [-0.25, -0.2) is 0 Å². The molecule has 104 valence electrons. The minimum absolute atomic E-state index is 0.0760. The second-order valence-electron chi connectivity index (χ2n) is 4.25. The number of para-hydroxylation sites is 1. The lowest BCUT2D eigenvalue weighted by Gasteiger charge is -2.07. The zero-order valence-electron chi connectivity index (χ0n) is 11.1. The Bertz CT molecular complexity index is 717. The van der Waals surface area contributed by atoms with Gasteiger partial charge in [0.2, 0.25) is 0 Å².